The van der Waals surface area contributed by atoms with Gasteiger partial charge >= 0.3 is 0 Å². The first-order chi connectivity index (χ1) is 5.14. The van der Waals surface area contributed by atoms with Gasteiger partial charge in [0.1, 0.15) is 0 Å². The van der Waals surface area contributed by atoms with E-state index in [0.29, 0.717) is 17.5 Å². The molecule has 0 amide bonds. The van der Waals surface area contributed by atoms with Crippen LogP contribution < -0.4 is 5.73 Å². The largest absolute Gasteiger partial charge is 0.327 e. The van der Waals surface area contributed by atoms with Crippen LogP contribution in [0.15, 0.2) is 0 Å². The van der Waals surface area contributed by atoms with Crippen LogP contribution in [0.3, 0.4) is 0 Å². The molecule has 2 heteroatoms. The summed E-state index contributed by atoms with van der Waals surface area (Å²) in [6.07, 6.45) is 2.63. The smallest absolute Gasteiger partial charge is 0.0120 e. The van der Waals surface area contributed by atoms with E-state index in [1.54, 1.807) is 0 Å². The minimum atomic E-state index is 0.512. The average Bonchev–Trinajstić information content (AvgIpc) is 1.81. The highest BCUT2D eigenvalue weighted by Crippen LogP contribution is 2.47. The Morgan fingerprint density at radius 1 is 1.45 bits per heavy atom. The summed E-state index contributed by atoms with van der Waals surface area (Å²) in [5, 5.41) is 0. The molecular formula is C9H18N2. The standard InChI is InChI=1S/C9H18N2/c1-7(2)11-5-9(6-11)4-3-8(9)10/h7-8H,3-6,10H2,1-2H3/t8-/m0/s1. The van der Waals surface area contributed by atoms with Crippen molar-refractivity contribution in [3.05, 3.63) is 0 Å². The topological polar surface area (TPSA) is 29.3 Å². The average molecular weight is 154 g/mol. The monoisotopic (exact) mass is 154 g/mol. The third kappa shape index (κ3) is 0.926. The second-order valence-electron chi connectivity index (χ2n) is 4.51. The van der Waals surface area contributed by atoms with Crippen LogP contribution in [0.5, 0.6) is 0 Å². The lowest BCUT2D eigenvalue weighted by atomic mass is 9.59. The molecule has 1 saturated carbocycles. The van der Waals surface area contributed by atoms with Crippen LogP contribution in [-0.4, -0.2) is 30.1 Å². The zero-order valence-corrected chi connectivity index (χ0v) is 7.51. The fourth-order valence-corrected chi connectivity index (χ4v) is 2.24. The fraction of sp³-hybridized carbons (Fsp3) is 1.00. The molecule has 64 valence electrons. The van der Waals surface area contributed by atoms with Gasteiger partial charge in [-0.15, -0.1) is 0 Å². The minimum Gasteiger partial charge on any atom is -0.327 e. The van der Waals surface area contributed by atoms with E-state index in [1.165, 1.54) is 25.9 Å². The van der Waals surface area contributed by atoms with Crippen molar-refractivity contribution in [1.29, 1.82) is 0 Å². The molecule has 1 spiro atoms. The van der Waals surface area contributed by atoms with Crippen molar-refractivity contribution in [1.82, 2.24) is 4.90 Å². The molecule has 2 aliphatic rings. The Balaban J connectivity index is 1.87. The van der Waals surface area contributed by atoms with Crippen molar-refractivity contribution in [3.8, 4) is 0 Å². The van der Waals surface area contributed by atoms with Crippen LogP contribution >= 0.6 is 0 Å². The summed E-state index contributed by atoms with van der Waals surface area (Å²) in [5.41, 5.74) is 6.51. The van der Waals surface area contributed by atoms with Crippen LogP contribution in [0.1, 0.15) is 26.7 Å². The predicted octanol–water partition coefficient (Wildman–Crippen LogP) is 0.818. The van der Waals surface area contributed by atoms with Gasteiger partial charge in [-0.3, -0.25) is 4.90 Å². The molecular weight excluding hydrogens is 136 g/mol. The lowest BCUT2D eigenvalue weighted by Gasteiger charge is -2.61. The molecule has 0 aromatic heterocycles. The molecule has 1 aliphatic heterocycles. The SMILES string of the molecule is CC(C)N1CC2(CC[C@@H]2N)C1. The zero-order valence-electron chi connectivity index (χ0n) is 7.51. The van der Waals surface area contributed by atoms with Crippen molar-refractivity contribution < 1.29 is 0 Å². The molecule has 1 atom stereocenters. The van der Waals surface area contributed by atoms with Gasteiger partial charge in [0.2, 0.25) is 0 Å². The first-order valence-corrected chi connectivity index (χ1v) is 4.64. The lowest BCUT2D eigenvalue weighted by Crippen LogP contribution is -2.70. The van der Waals surface area contributed by atoms with Gasteiger partial charge in [0.05, 0.1) is 0 Å². The van der Waals surface area contributed by atoms with Crippen LogP contribution in [0.25, 0.3) is 0 Å². The molecule has 2 nitrogen and oxygen atoms in total. The normalized spacial score (nSPS) is 35.5. The van der Waals surface area contributed by atoms with Gasteiger partial charge in [0, 0.05) is 30.6 Å². The Morgan fingerprint density at radius 2 is 2.09 bits per heavy atom. The van der Waals surface area contributed by atoms with Crippen LogP contribution in [0, 0.1) is 5.41 Å². The minimum absolute atomic E-state index is 0.512. The highest BCUT2D eigenvalue weighted by Gasteiger charge is 2.53. The summed E-state index contributed by atoms with van der Waals surface area (Å²) in [4.78, 5) is 2.51. The molecule has 0 radical (unpaired) electrons. The second-order valence-corrected chi connectivity index (χ2v) is 4.51. The van der Waals surface area contributed by atoms with E-state index < -0.39 is 0 Å². The molecule has 0 unspecified atom stereocenters. The number of hydrogen-bond acceptors (Lipinski definition) is 2. The summed E-state index contributed by atoms with van der Waals surface area (Å²) < 4.78 is 0. The van der Waals surface area contributed by atoms with E-state index in [1.807, 2.05) is 0 Å². The number of likely N-dealkylation sites (tertiary alicyclic amines) is 1. The highest BCUT2D eigenvalue weighted by atomic mass is 15.2. The van der Waals surface area contributed by atoms with Gasteiger partial charge < -0.3 is 5.73 Å². The van der Waals surface area contributed by atoms with E-state index in [0.717, 1.165) is 0 Å². The summed E-state index contributed by atoms with van der Waals surface area (Å²) in [6, 6.07) is 1.23. The number of rotatable bonds is 1. The van der Waals surface area contributed by atoms with E-state index >= 15 is 0 Å². The number of nitrogens with two attached hydrogens (primary N) is 1. The molecule has 2 N–H and O–H groups in total. The Hall–Kier alpha value is -0.0800. The molecule has 1 saturated heterocycles. The quantitative estimate of drug-likeness (QED) is 0.606. The molecule has 0 bridgehead atoms. The molecule has 1 heterocycles. The van der Waals surface area contributed by atoms with Crippen molar-refractivity contribution in [2.24, 2.45) is 11.1 Å². The summed E-state index contributed by atoms with van der Waals surface area (Å²) >= 11 is 0. The van der Waals surface area contributed by atoms with Gasteiger partial charge in [-0.05, 0) is 26.7 Å². The van der Waals surface area contributed by atoms with E-state index in [2.05, 4.69) is 18.7 Å². The maximum Gasteiger partial charge on any atom is 0.0120 e. The molecule has 0 aromatic rings. The first kappa shape index (κ1) is 7.56. The Kier molecular flexibility index (Phi) is 1.52. The van der Waals surface area contributed by atoms with E-state index in [9.17, 15) is 0 Å². The maximum absolute atomic E-state index is 5.95. The number of hydrogen-bond donors (Lipinski definition) is 1. The Morgan fingerprint density at radius 3 is 2.36 bits per heavy atom. The number of nitrogens with zero attached hydrogens (tertiary/aromatic N) is 1. The van der Waals surface area contributed by atoms with E-state index in [4.69, 9.17) is 5.73 Å². The molecule has 11 heavy (non-hydrogen) atoms. The van der Waals surface area contributed by atoms with Gasteiger partial charge in [-0.25, -0.2) is 0 Å². The summed E-state index contributed by atoms with van der Waals surface area (Å²) in [7, 11) is 0. The summed E-state index contributed by atoms with van der Waals surface area (Å²) in [5.74, 6) is 0. The first-order valence-electron chi connectivity index (χ1n) is 4.64. The van der Waals surface area contributed by atoms with Gasteiger partial charge in [-0.1, -0.05) is 0 Å². The van der Waals surface area contributed by atoms with Crippen molar-refractivity contribution in [2.45, 2.75) is 38.8 Å². The molecule has 2 fully saturated rings. The predicted molar refractivity (Wildman–Crippen MR) is 46.4 cm³/mol. The fourth-order valence-electron chi connectivity index (χ4n) is 2.24. The third-order valence-corrected chi connectivity index (χ3v) is 3.51. The van der Waals surface area contributed by atoms with Crippen LogP contribution in [0.2, 0.25) is 0 Å². The van der Waals surface area contributed by atoms with Crippen molar-refractivity contribution in [3.63, 3.8) is 0 Å². The highest BCUT2D eigenvalue weighted by molar-refractivity contribution is 5.08. The van der Waals surface area contributed by atoms with Crippen molar-refractivity contribution >= 4 is 0 Å². The van der Waals surface area contributed by atoms with Crippen molar-refractivity contribution in [2.75, 3.05) is 13.1 Å². The molecule has 2 rings (SSSR count). The second kappa shape index (κ2) is 2.20. The molecule has 0 aromatic carbocycles. The van der Waals surface area contributed by atoms with Gasteiger partial charge in [0.25, 0.3) is 0 Å². The van der Waals surface area contributed by atoms with E-state index in [-0.39, 0.29) is 0 Å². The van der Waals surface area contributed by atoms with Crippen LogP contribution in [0.4, 0.5) is 0 Å². The zero-order chi connectivity index (χ0) is 8.06. The molecule has 1 aliphatic carbocycles. The van der Waals surface area contributed by atoms with Gasteiger partial charge in [-0.2, -0.15) is 0 Å². The maximum atomic E-state index is 5.95. The summed E-state index contributed by atoms with van der Waals surface area (Å²) in [6.45, 7) is 7.03. The van der Waals surface area contributed by atoms with Gasteiger partial charge in [0.15, 0.2) is 0 Å². The van der Waals surface area contributed by atoms with Crippen LogP contribution in [-0.2, 0) is 0 Å². The Bertz CT molecular complexity index is 159. The third-order valence-electron chi connectivity index (χ3n) is 3.51. The Labute approximate surface area is 68.7 Å². The lowest BCUT2D eigenvalue weighted by molar-refractivity contribution is -0.0921.